The number of fused-ring (bicyclic) bond motifs is 1. The van der Waals surface area contributed by atoms with Gasteiger partial charge < -0.3 is 16.2 Å². The van der Waals surface area contributed by atoms with Crippen molar-refractivity contribution in [1.82, 2.24) is 19.9 Å². The zero-order valence-corrected chi connectivity index (χ0v) is 14.7. The first-order valence-electron chi connectivity index (χ1n) is 8.38. The monoisotopic (exact) mass is 340 g/mol. The molecule has 25 heavy (non-hydrogen) atoms. The fourth-order valence-electron chi connectivity index (χ4n) is 2.84. The van der Waals surface area contributed by atoms with Gasteiger partial charge in [0.25, 0.3) is 0 Å². The van der Waals surface area contributed by atoms with E-state index in [2.05, 4.69) is 27.6 Å². The van der Waals surface area contributed by atoms with Gasteiger partial charge in [0.2, 0.25) is 0 Å². The minimum absolute atomic E-state index is 0.676. The first kappa shape index (κ1) is 17.2. The summed E-state index contributed by atoms with van der Waals surface area (Å²) >= 11 is 0. The number of nitrogens with two attached hydrogens (primary N) is 1. The number of aliphatic hydroxyl groups is 1. The molecule has 1 aromatic carbocycles. The molecule has 0 aliphatic carbocycles. The molecular weight excluding hydrogens is 316 g/mol. The van der Waals surface area contributed by atoms with Gasteiger partial charge in [0.15, 0.2) is 5.82 Å². The van der Waals surface area contributed by atoms with Crippen LogP contribution in [-0.4, -0.2) is 26.2 Å². The largest absolute Gasteiger partial charge is 0.399 e. The van der Waals surface area contributed by atoms with Gasteiger partial charge in [-0.25, -0.2) is 9.50 Å². The van der Waals surface area contributed by atoms with Crippen LogP contribution in [0.1, 0.15) is 36.3 Å². The highest BCUT2D eigenvalue weighted by Crippen LogP contribution is 2.29. The Kier molecular flexibility index (Phi) is 4.87. The SMILES string of the molecule is CCCNC(O)c1cn2ncnc(Nc3cc(N)ccc3C)c2c1C. The molecule has 0 spiro atoms. The quantitative estimate of drug-likeness (QED) is 0.407. The fourth-order valence-corrected chi connectivity index (χ4v) is 2.84. The van der Waals surface area contributed by atoms with E-state index < -0.39 is 6.23 Å². The molecule has 0 bridgehead atoms. The van der Waals surface area contributed by atoms with Gasteiger partial charge in [0.05, 0.1) is 0 Å². The molecule has 3 aromatic rings. The summed E-state index contributed by atoms with van der Waals surface area (Å²) in [6, 6.07) is 5.71. The standard InChI is InChI=1S/C18H24N6O/c1-4-7-20-18(25)14-9-24-16(12(14)3)17(21-10-22-24)23-15-8-13(19)6-5-11(15)2/h5-6,8-10,18,20,25H,4,7,19H2,1-3H3,(H,21,22,23). The maximum Gasteiger partial charge on any atom is 0.158 e. The van der Waals surface area contributed by atoms with Crippen LogP contribution >= 0.6 is 0 Å². The van der Waals surface area contributed by atoms with Gasteiger partial charge in [-0.1, -0.05) is 13.0 Å². The highest BCUT2D eigenvalue weighted by atomic mass is 16.3. The Morgan fingerprint density at radius 1 is 1.32 bits per heavy atom. The molecule has 2 heterocycles. The van der Waals surface area contributed by atoms with Crippen LogP contribution in [0.2, 0.25) is 0 Å². The minimum Gasteiger partial charge on any atom is -0.399 e. The third-order valence-electron chi connectivity index (χ3n) is 4.26. The molecule has 132 valence electrons. The number of nitrogens with one attached hydrogen (secondary N) is 2. The van der Waals surface area contributed by atoms with Crippen molar-refractivity contribution in [2.75, 3.05) is 17.6 Å². The highest BCUT2D eigenvalue weighted by molar-refractivity contribution is 5.79. The predicted octanol–water partition coefficient (Wildman–Crippen LogP) is 2.66. The second-order valence-electron chi connectivity index (χ2n) is 6.17. The number of nitrogens with zero attached hydrogens (tertiary/aromatic N) is 3. The lowest BCUT2D eigenvalue weighted by atomic mass is 10.1. The molecule has 2 aromatic heterocycles. The van der Waals surface area contributed by atoms with Crippen molar-refractivity contribution in [3.8, 4) is 0 Å². The fraction of sp³-hybridized carbons (Fsp3) is 0.333. The third kappa shape index (κ3) is 3.42. The summed E-state index contributed by atoms with van der Waals surface area (Å²) in [5.74, 6) is 0.676. The zero-order valence-electron chi connectivity index (χ0n) is 14.7. The van der Waals surface area contributed by atoms with Crippen LogP contribution in [0.25, 0.3) is 5.52 Å². The Morgan fingerprint density at radius 3 is 2.88 bits per heavy atom. The van der Waals surface area contributed by atoms with Crippen LogP contribution in [0.3, 0.4) is 0 Å². The van der Waals surface area contributed by atoms with Crippen molar-refractivity contribution >= 4 is 22.7 Å². The highest BCUT2D eigenvalue weighted by Gasteiger charge is 2.18. The molecule has 0 saturated heterocycles. The van der Waals surface area contributed by atoms with Crippen LogP contribution < -0.4 is 16.4 Å². The van der Waals surface area contributed by atoms with Crippen molar-refractivity contribution in [2.45, 2.75) is 33.4 Å². The van der Waals surface area contributed by atoms with Gasteiger partial charge in [-0.2, -0.15) is 5.10 Å². The predicted molar refractivity (Wildman–Crippen MR) is 99.9 cm³/mol. The molecule has 0 radical (unpaired) electrons. The number of hydrogen-bond donors (Lipinski definition) is 4. The Hall–Kier alpha value is -2.64. The number of aliphatic hydroxyl groups excluding tert-OH is 1. The Labute approximate surface area is 146 Å². The third-order valence-corrected chi connectivity index (χ3v) is 4.26. The molecule has 1 atom stereocenters. The van der Waals surface area contributed by atoms with E-state index in [-0.39, 0.29) is 0 Å². The van der Waals surface area contributed by atoms with Crippen LogP contribution in [0, 0.1) is 13.8 Å². The van der Waals surface area contributed by atoms with Gasteiger partial charge in [0.1, 0.15) is 18.1 Å². The van der Waals surface area contributed by atoms with Crippen LogP contribution in [-0.2, 0) is 0 Å². The van der Waals surface area contributed by atoms with Crippen LogP contribution in [0.15, 0.2) is 30.7 Å². The van der Waals surface area contributed by atoms with Crippen LogP contribution in [0.4, 0.5) is 17.2 Å². The number of benzene rings is 1. The Morgan fingerprint density at radius 2 is 2.12 bits per heavy atom. The average molecular weight is 340 g/mol. The summed E-state index contributed by atoms with van der Waals surface area (Å²) in [5.41, 5.74) is 11.1. The summed E-state index contributed by atoms with van der Waals surface area (Å²) in [6.45, 7) is 6.77. The minimum atomic E-state index is -0.733. The Balaban J connectivity index is 2.02. The van der Waals surface area contributed by atoms with Crippen molar-refractivity contribution in [1.29, 1.82) is 0 Å². The van der Waals surface area contributed by atoms with Crippen molar-refractivity contribution in [3.05, 3.63) is 47.4 Å². The van der Waals surface area contributed by atoms with Crippen molar-refractivity contribution < 1.29 is 5.11 Å². The first-order valence-corrected chi connectivity index (χ1v) is 8.38. The van der Waals surface area contributed by atoms with E-state index >= 15 is 0 Å². The lowest BCUT2D eigenvalue weighted by Gasteiger charge is -2.12. The van der Waals surface area contributed by atoms with Crippen molar-refractivity contribution in [3.63, 3.8) is 0 Å². The van der Waals surface area contributed by atoms with Gasteiger partial charge in [-0.15, -0.1) is 0 Å². The topological polar surface area (TPSA) is 100 Å². The molecule has 3 rings (SSSR count). The maximum atomic E-state index is 10.4. The van der Waals surface area contributed by atoms with Gasteiger partial charge >= 0.3 is 0 Å². The second kappa shape index (κ2) is 7.08. The van der Waals surface area contributed by atoms with E-state index in [1.807, 2.05) is 38.2 Å². The zero-order chi connectivity index (χ0) is 18.0. The molecule has 7 nitrogen and oxygen atoms in total. The summed E-state index contributed by atoms with van der Waals surface area (Å²) in [7, 11) is 0. The summed E-state index contributed by atoms with van der Waals surface area (Å²) in [4.78, 5) is 4.38. The summed E-state index contributed by atoms with van der Waals surface area (Å²) < 4.78 is 1.73. The molecule has 0 amide bonds. The van der Waals surface area contributed by atoms with E-state index in [0.29, 0.717) is 11.5 Å². The molecule has 5 N–H and O–H groups in total. The molecule has 0 aliphatic heterocycles. The van der Waals surface area contributed by atoms with E-state index in [1.165, 1.54) is 6.33 Å². The van der Waals surface area contributed by atoms with Gasteiger partial charge in [0, 0.05) is 23.1 Å². The van der Waals surface area contributed by atoms with Gasteiger partial charge in [-0.05, 0) is 50.1 Å². The molecule has 0 fully saturated rings. The lowest BCUT2D eigenvalue weighted by molar-refractivity contribution is 0.139. The molecular formula is C18H24N6O. The van der Waals surface area contributed by atoms with Crippen molar-refractivity contribution in [2.24, 2.45) is 0 Å². The summed E-state index contributed by atoms with van der Waals surface area (Å²) in [6.07, 6.45) is 3.54. The number of hydrogen-bond acceptors (Lipinski definition) is 6. The van der Waals surface area contributed by atoms with E-state index in [0.717, 1.165) is 40.9 Å². The van der Waals surface area contributed by atoms with E-state index in [4.69, 9.17) is 5.73 Å². The van der Waals surface area contributed by atoms with E-state index in [9.17, 15) is 5.11 Å². The average Bonchev–Trinajstić information content (AvgIpc) is 2.94. The number of nitrogen functional groups attached to an aromatic ring is 1. The van der Waals surface area contributed by atoms with Gasteiger partial charge in [-0.3, -0.25) is 5.32 Å². The number of aromatic nitrogens is 3. The lowest BCUT2D eigenvalue weighted by Crippen LogP contribution is -2.21. The summed E-state index contributed by atoms with van der Waals surface area (Å²) in [5, 5.41) is 21.1. The van der Waals surface area contributed by atoms with E-state index in [1.54, 1.807) is 4.52 Å². The molecule has 0 aliphatic rings. The number of anilines is 3. The van der Waals surface area contributed by atoms with Crippen LogP contribution in [0.5, 0.6) is 0 Å². The first-order chi connectivity index (χ1) is 12.0. The number of aryl methyl sites for hydroxylation is 2. The Bertz CT molecular complexity index is 889. The normalized spacial score (nSPS) is 12.5. The molecule has 7 heteroatoms. The number of rotatable bonds is 6. The molecule has 1 unspecified atom stereocenters. The second-order valence-corrected chi connectivity index (χ2v) is 6.17. The smallest absolute Gasteiger partial charge is 0.158 e. The maximum absolute atomic E-state index is 10.4. The molecule has 0 saturated carbocycles.